The highest BCUT2D eigenvalue weighted by molar-refractivity contribution is 5.89. The molecule has 0 saturated carbocycles. The average molecular weight is 220 g/mol. The predicted molar refractivity (Wildman–Crippen MR) is 66.0 cm³/mol. The Hall–Kier alpha value is -1.31. The third-order valence-electron chi connectivity index (χ3n) is 2.91. The van der Waals surface area contributed by atoms with Crippen LogP contribution in [0.25, 0.3) is 0 Å². The molecule has 0 aliphatic rings. The second-order valence-electron chi connectivity index (χ2n) is 4.17. The third kappa shape index (κ3) is 3.09. The second kappa shape index (κ2) is 6.31. The number of carboxylic acids is 1. The van der Waals surface area contributed by atoms with Crippen molar-refractivity contribution in [1.82, 2.24) is 0 Å². The fourth-order valence-electron chi connectivity index (χ4n) is 2.20. The van der Waals surface area contributed by atoms with Crippen molar-refractivity contribution in [3.05, 3.63) is 35.4 Å². The lowest BCUT2D eigenvalue weighted by atomic mass is 9.87. The summed E-state index contributed by atoms with van der Waals surface area (Å²) in [6, 6.07) is 7.39. The molecule has 0 aliphatic heterocycles. The van der Waals surface area contributed by atoms with E-state index in [0.717, 1.165) is 31.2 Å². The summed E-state index contributed by atoms with van der Waals surface area (Å²) in [6.45, 7) is 4.29. The van der Waals surface area contributed by atoms with E-state index in [2.05, 4.69) is 13.8 Å². The SMILES string of the molecule is CCCC(CCC)c1ccccc1C(=O)O. The van der Waals surface area contributed by atoms with Gasteiger partial charge in [0.2, 0.25) is 0 Å². The number of benzene rings is 1. The second-order valence-corrected chi connectivity index (χ2v) is 4.17. The van der Waals surface area contributed by atoms with Crippen molar-refractivity contribution in [3.8, 4) is 0 Å². The van der Waals surface area contributed by atoms with Crippen LogP contribution >= 0.6 is 0 Å². The first-order valence-electron chi connectivity index (χ1n) is 6.02. The first-order chi connectivity index (χ1) is 7.70. The Morgan fingerprint density at radius 1 is 1.19 bits per heavy atom. The number of carbonyl (C=O) groups is 1. The van der Waals surface area contributed by atoms with Gasteiger partial charge in [-0.2, -0.15) is 0 Å². The quantitative estimate of drug-likeness (QED) is 0.784. The number of rotatable bonds is 6. The molecule has 2 nitrogen and oxygen atoms in total. The van der Waals surface area contributed by atoms with Gasteiger partial charge in [-0.3, -0.25) is 0 Å². The van der Waals surface area contributed by atoms with Crippen LogP contribution in [0.1, 0.15) is 61.4 Å². The molecule has 0 fully saturated rings. The molecule has 0 bridgehead atoms. The van der Waals surface area contributed by atoms with Crippen LogP contribution in [0.15, 0.2) is 24.3 Å². The lowest BCUT2D eigenvalue weighted by molar-refractivity contribution is 0.0695. The normalized spacial score (nSPS) is 10.7. The number of aromatic carboxylic acids is 1. The molecule has 2 heteroatoms. The highest BCUT2D eigenvalue weighted by Gasteiger charge is 2.16. The fraction of sp³-hybridized carbons (Fsp3) is 0.500. The molecule has 0 amide bonds. The summed E-state index contributed by atoms with van der Waals surface area (Å²) >= 11 is 0. The zero-order valence-corrected chi connectivity index (χ0v) is 10.1. The summed E-state index contributed by atoms with van der Waals surface area (Å²) in [4.78, 5) is 11.1. The van der Waals surface area contributed by atoms with Crippen LogP contribution in [0.2, 0.25) is 0 Å². The number of hydrogen-bond donors (Lipinski definition) is 1. The predicted octanol–water partition coefficient (Wildman–Crippen LogP) is 4.07. The smallest absolute Gasteiger partial charge is 0.335 e. The van der Waals surface area contributed by atoms with Gasteiger partial charge in [-0.1, -0.05) is 44.9 Å². The number of hydrogen-bond acceptors (Lipinski definition) is 1. The molecule has 0 heterocycles. The molecule has 16 heavy (non-hydrogen) atoms. The lowest BCUT2D eigenvalue weighted by Crippen LogP contribution is -2.07. The van der Waals surface area contributed by atoms with Gasteiger partial charge in [-0.05, 0) is 30.4 Å². The Morgan fingerprint density at radius 2 is 1.75 bits per heavy atom. The summed E-state index contributed by atoms with van der Waals surface area (Å²) < 4.78 is 0. The minimum Gasteiger partial charge on any atom is -0.478 e. The van der Waals surface area contributed by atoms with Gasteiger partial charge < -0.3 is 5.11 Å². The van der Waals surface area contributed by atoms with Crippen molar-refractivity contribution in [3.63, 3.8) is 0 Å². The van der Waals surface area contributed by atoms with Gasteiger partial charge >= 0.3 is 5.97 Å². The molecule has 0 saturated heterocycles. The van der Waals surface area contributed by atoms with Crippen molar-refractivity contribution in [1.29, 1.82) is 0 Å². The van der Waals surface area contributed by atoms with Crippen LogP contribution in [-0.2, 0) is 0 Å². The van der Waals surface area contributed by atoms with Crippen molar-refractivity contribution >= 4 is 5.97 Å². The van der Waals surface area contributed by atoms with Crippen molar-refractivity contribution in [2.24, 2.45) is 0 Å². The van der Waals surface area contributed by atoms with E-state index in [1.54, 1.807) is 12.1 Å². The molecule has 0 spiro atoms. The standard InChI is InChI=1S/C14H20O2/c1-3-7-11(8-4-2)12-9-5-6-10-13(12)14(15)16/h5-6,9-11H,3-4,7-8H2,1-2H3,(H,15,16). The molecule has 0 atom stereocenters. The molecule has 0 aliphatic carbocycles. The Balaban J connectivity index is 3.02. The van der Waals surface area contributed by atoms with Crippen LogP contribution in [-0.4, -0.2) is 11.1 Å². The van der Waals surface area contributed by atoms with E-state index in [0.29, 0.717) is 11.5 Å². The Morgan fingerprint density at radius 3 is 2.25 bits per heavy atom. The van der Waals surface area contributed by atoms with E-state index in [1.165, 1.54) is 0 Å². The van der Waals surface area contributed by atoms with E-state index in [4.69, 9.17) is 5.11 Å². The average Bonchev–Trinajstić information content (AvgIpc) is 2.29. The maximum Gasteiger partial charge on any atom is 0.335 e. The molecular weight excluding hydrogens is 200 g/mol. The highest BCUT2D eigenvalue weighted by Crippen LogP contribution is 2.28. The van der Waals surface area contributed by atoms with Crippen LogP contribution in [0.3, 0.4) is 0 Å². The molecule has 1 aromatic carbocycles. The maximum absolute atomic E-state index is 11.1. The Labute approximate surface area is 97.3 Å². The summed E-state index contributed by atoms with van der Waals surface area (Å²) in [6.07, 6.45) is 4.33. The zero-order chi connectivity index (χ0) is 12.0. The van der Waals surface area contributed by atoms with E-state index in [9.17, 15) is 4.79 Å². The van der Waals surface area contributed by atoms with Gasteiger partial charge in [-0.15, -0.1) is 0 Å². The van der Waals surface area contributed by atoms with Crippen LogP contribution in [0, 0.1) is 0 Å². The molecule has 1 N–H and O–H groups in total. The summed E-state index contributed by atoms with van der Waals surface area (Å²) in [5, 5.41) is 9.15. The van der Waals surface area contributed by atoms with Gasteiger partial charge in [0.1, 0.15) is 0 Å². The van der Waals surface area contributed by atoms with Crippen molar-refractivity contribution < 1.29 is 9.90 Å². The Bertz CT molecular complexity index is 338. The van der Waals surface area contributed by atoms with Crippen LogP contribution in [0.5, 0.6) is 0 Å². The van der Waals surface area contributed by atoms with E-state index < -0.39 is 5.97 Å². The van der Waals surface area contributed by atoms with Crippen molar-refractivity contribution in [2.45, 2.75) is 45.4 Å². The summed E-state index contributed by atoms with van der Waals surface area (Å²) in [5.74, 6) is -0.421. The monoisotopic (exact) mass is 220 g/mol. The van der Waals surface area contributed by atoms with E-state index in [-0.39, 0.29) is 0 Å². The van der Waals surface area contributed by atoms with Gasteiger partial charge in [-0.25, -0.2) is 4.79 Å². The summed E-state index contributed by atoms with van der Waals surface area (Å²) in [7, 11) is 0. The van der Waals surface area contributed by atoms with Gasteiger partial charge in [0, 0.05) is 0 Å². The van der Waals surface area contributed by atoms with Gasteiger partial charge in [0.15, 0.2) is 0 Å². The molecular formula is C14H20O2. The molecule has 88 valence electrons. The largest absolute Gasteiger partial charge is 0.478 e. The third-order valence-corrected chi connectivity index (χ3v) is 2.91. The van der Waals surface area contributed by atoms with E-state index in [1.807, 2.05) is 12.1 Å². The molecule has 1 rings (SSSR count). The number of carboxylic acid groups (broad SMARTS) is 1. The molecule has 0 unspecified atom stereocenters. The minimum atomic E-state index is -0.812. The topological polar surface area (TPSA) is 37.3 Å². The van der Waals surface area contributed by atoms with Gasteiger partial charge in [0.05, 0.1) is 5.56 Å². The molecule has 1 aromatic rings. The van der Waals surface area contributed by atoms with Crippen molar-refractivity contribution in [2.75, 3.05) is 0 Å². The first-order valence-corrected chi connectivity index (χ1v) is 6.02. The van der Waals surface area contributed by atoms with E-state index >= 15 is 0 Å². The first kappa shape index (κ1) is 12.8. The van der Waals surface area contributed by atoms with Gasteiger partial charge in [0.25, 0.3) is 0 Å². The van der Waals surface area contributed by atoms with Crippen LogP contribution in [0.4, 0.5) is 0 Å². The lowest BCUT2D eigenvalue weighted by Gasteiger charge is -2.17. The Kier molecular flexibility index (Phi) is 5.03. The molecule has 0 aromatic heterocycles. The zero-order valence-electron chi connectivity index (χ0n) is 10.1. The highest BCUT2D eigenvalue weighted by atomic mass is 16.4. The van der Waals surface area contributed by atoms with Crippen LogP contribution < -0.4 is 0 Å². The minimum absolute atomic E-state index is 0.391. The fourth-order valence-corrected chi connectivity index (χ4v) is 2.20. The molecule has 0 radical (unpaired) electrons. The summed E-state index contributed by atoms with van der Waals surface area (Å²) in [5.41, 5.74) is 1.47. The maximum atomic E-state index is 11.1.